The van der Waals surface area contributed by atoms with E-state index in [2.05, 4.69) is 19.2 Å². The van der Waals surface area contributed by atoms with Gasteiger partial charge in [-0.15, -0.1) is 0 Å². The van der Waals surface area contributed by atoms with Crippen LogP contribution >= 0.6 is 0 Å². The van der Waals surface area contributed by atoms with Gasteiger partial charge in [0, 0.05) is 31.1 Å². The van der Waals surface area contributed by atoms with Crippen LogP contribution in [-0.2, 0) is 11.3 Å². The summed E-state index contributed by atoms with van der Waals surface area (Å²) in [7, 11) is 0. The average molecular weight is 316 g/mol. The minimum atomic E-state index is -0.0231. The average Bonchev–Trinajstić information content (AvgIpc) is 2.91. The number of amides is 2. The molecule has 1 atom stereocenters. The zero-order chi connectivity index (χ0) is 16.8. The lowest BCUT2D eigenvalue weighted by molar-refractivity contribution is -0.128. The van der Waals surface area contributed by atoms with Crippen molar-refractivity contribution >= 4 is 11.8 Å². The molecule has 1 aromatic carbocycles. The van der Waals surface area contributed by atoms with Crippen LogP contribution in [0.2, 0.25) is 0 Å². The number of nitrogens with one attached hydrogen (secondary N) is 1. The van der Waals surface area contributed by atoms with Crippen LogP contribution in [-0.4, -0.2) is 29.3 Å². The van der Waals surface area contributed by atoms with Gasteiger partial charge in [-0.3, -0.25) is 9.59 Å². The number of nitrogens with zero attached hydrogens (tertiary/aromatic N) is 1. The van der Waals surface area contributed by atoms with Gasteiger partial charge in [0.2, 0.25) is 5.91 Å². The van der Waals surface area contributed by atoms with Gasteiger partial charge in [0.15, 0.2) is 0 Å². The van der Waals surface area contributed by atoms with E-state index in [1.54, 1.807) is 0 Å². The molecule has 1 N–H and O–H groups in total. The molecular weight excluding hydrogens is 288 g/mol. The number of carbonyl (C=O) groups is 2. The molecule has 0 aliphatic carbocycles. The third kappa shape index (κ3) is 5.38. The molecule has 2 rings (SSSR count). The Bertz CT molecular complexity index is 537. The van der Waals surface area contributed by atoms with Gasteiger partial charge >= 0.3 is 0 Å². The molecule has 1 saturated heterocycles. The lowest BCUT2D eigenvalue weighted by Gasteiger charge is -2.17. The second-order valence-corrected chi connectivity index (χ2v) is 6.96. The number of benzene rings is 1. The first-order valence-corrected chi connectivity index (χ1v) is 8.63. The number of carbonyl (C=O) groups excluding carboxylic acids is 2. The third-order valence-corrected chi connectivity index (χ3v) is 4.32. The van der Waals surface area contributed by atoms with Crippen LogP contribution in [0.15, 0.2) is 24.3 Å². The molecule has 4 nitrogen and oxygen atoms in total. The fourth-order valence-corrected chi connectivity index (χ4v) is 2.82. The first kappa shape index (κ1) is 17.5. The van der Waals surface area contributed by atoms with Crippen LogP contribution in [0.25, 0.3) is 0 Å². The van der Waals surface area contributed by atoms with Crippen LogP contribution in [0.1, 0.15) is 62.4 Å². The quantitative estimate of drug-likeness (QED) is 0.838. The first-order chi connectivity index (χ1) is 11.0. The highest BCUT2D eigenvalue weighted by molar-refractivity contribution is 5.94. The molecule has 0 spiro atoms. The van der Waals surface area contributed by atoms with Crippen molar-refractivity contribution in [1.82, 2.24) is 10.2 Å². The Morgan fingerprint density at radius 1 is 1.17 bits per heavy atom. The van der Waals surface area contributed by atoms with Crippen molar-refractivity contribution in [3.8, 4) is 0 Å². The van der Waals surface area contributed by atoms with Crippen molar-refractivity contribution in [2.24, 2.45) is 5.92 Å². The van der Waals surface area contributed by atoms with E-state index in [-0.39, 0.29) is 17.9 Å². The van der Waals surface area contributed by atoms with E-state index >= 15 is 0 Å². The summed E-state index contributed by atoms with van der Waals surface area (Å²) < 4.78 is 0. The molecule has 2 amide bonds. The summed E-state index contributed by atoms with van der Waals surface area (Å²) in [5, 5.41) is 3.05. The highest BCUT2D eigenvalue weighted by Gasteiger charge is 2.20. The maximum atomic E-state index is 12.2. The Morgan fingerprint density at radius 2 is 1.87 bits per heavy atom. The summed E-state index contributed by atoms with van der Waals surface area (Å²) in [4.78, 5) is 25.8. The molecule has 1 heterocycles. The summed E-state index contributed by atoms with van der Waals surface area (Å²) in [5.41, 5.74) is 1.75. The van der Waals surface area contributed by atoms with Crippen molar-refractivity contribution in [3.63, 3.8) is 0 Å². The summed E-state index contributed by atoms with van der Waals surface area (Å²) >= 11 is 0. The topological polar surface area (TPSA) is 49.4 Å². The lowest BCUT2D eigenvalue weighted by atomic mass is 10.0. The molecular formula is C19H28N2O2. The van der Waals surface area contributed by atoms with Gasteiger partial charge in [-0.25, -0.2) is 0 Å². The maximum Gasteiger partial charge on any atom is 0.251 e. The van der Waals surface area contributed by atoms with Gasteiger partial charge in [0.25, 0.3) is 5.91 Å². The van der Waals surface area contributed by atoms with Gasteiger partial charge in [-0.1, -0.05) is 26.0 Å². The zero-order valence-electron chi connectivity index (χ0n) is 14.5. The van der Waals surface area contributed by atoms with E-state index in [9.17, 15) is 9.59 Å². The van der Waals surface area contributed by atoms with Crippen LogP contribution in [0.3, 0.4) is 0 Å². The molecule has 0 aromatic heterocycles. The fourth-order valence-electron chi connectivity index (χ4n) is 2.82. The van der Waals surface area contributed by atoms with E-state index in [4.69, 9.17) is 0 Å². The normalized spacial score (nSPS) is 16.0. The summed E-state index contributed by atoms with van der Waals surface area (Å²) in [5.74, 6) is 0.859. The fraction of sp³-hybridized carbons (Fsp3) is 0.579. The molecule has 23 heavy (non-hydrogen) atoms. The Labute approximate surface area is 139 Å². The standard InChI is InChI=1S/C19H28N2O2/c1-14(2)6-7-15(3)20-19(23)17-10-8-16(9-11-17)13-21-12-4-5-18(21)22/h8-11,14-15H,4-7,12-13H2,1-3H3,(H,20,23)/t15-/m0/s1. The van der Waals surface area contributed by atoms with E-state index < -0.39 is 0 Å². The Kier molecular flexibility index (Phi) is 6.20. The number of hydrogen-bond acceptors (Lipinski definition) is 2. The molecule has 126 valence electrons. The van der Waals surface area contributed by atoms with Crippen LogP contribution in [0.5, 0.6) is 0 Å². The summed E-state index contributed by atoms with van der Waals surface area (Å²) in [6.45, 7) is 7.92. The van der Waals surface area contributed by atoms with E-state index in [1.165, 1.54) is 0 Å². The number of likely N-dealkylation sites (tertiary alicyclic amines) is 1. The minimum absolute atomic E-state index is 0.0231. The van der Waals surface area contributed by atoms with E-state index in [0.717, 1.165) is 31.4 Å². The molecule has 0 radical (unpaired) electrons. The van der Waals surface area contributed by atoms with Crippen molar-refractivity contribution in [3.05, 3.63) is 35.4 Å². The molecule has 1 aromatic rings. The molecule has 0 unspecified atom stereocenters. The molecule has 1 aliphatic rings. The third-order valence-electron chi connectivity index (χ3n) is 4.32. The van der Waals surface area contributed by atoms with Crippen LogP contribution < -0.4 is 5.32 Å². The summed E-state index contributed by atoms with van der Waals surface area (Å²) in [6, 6.07) is 7.77. The van der Waals surface area contributed by atoms with Gasteiger partial charge in [-0.05, 0) is 49.8 Å². The number of rotatable bonds is 7. The van der Waals surface area contributed by atoms with Crippen molar-refractivity contribution in [1.29, 1.82) is 0 Å². The van der Waals surface area contributed by atoms with Gasteiger partial charge in [0.05, 0.1) is 0 Å². The van der Waals surface area contributed by atoms with Crippen molar-refractivity contribution in [2.75, 3.05) is 6.54 Å². The minimum Gasteiger partial charge on any atom is -0.350 e. The van der Waals surface area contributed by atoms with E-state index in [0.29, 0.717) is 24.4 Å². The largest absolute Gasteiger partial charge is 0.350 e. The summed E-state index contributed by atoms with van der Waals surface area (Å²) in [6.07, 6.45) is 3.73. The smallest absolute Gasteiger partial charge is 0.251 e. The van der Waals surface area contributed by atoms with Crippen LogP contribution in [0.4, 0.5) is 0 Å². The number of hydrogen-bond donors (Lipinski definition) is 1. The van der Waals surface area contributed by atoms with Crippen LogP contribution in [0, 0.1) is 5.92 Å². The predicted molar refractivity (Wildman–Crippen MR) is 92.1 cm³/mol. The zero-order valence-corrected chi connectivity index (χ0v) is 14.5. The SMILES string of the molecule is CC(C)CC[C@H](C)NC(=O)c1ccc(CN2CCCC2=O)cc1. The highest BCUT2D eigenvalue weighted by Crippen LogP contribution is 2.15. The predicted octanol–water partition coefficient (Wildman–Crippen LogP) is 3.36. The molecule has 1 fully saturated rings. The lowest BCUT2D eigenvalue weighted by Crippen LogP contribution is -2.32. The Balaban J connectivity index is 1.86. The second kappa shape index (κ2) is 8.14. The Morgan fingerprint density at radius 3 is 2.43 bits per heavy atom. The van der Waals surface area contributed by atoms with Gasteiger partial charge in [0.1, 0.15) is 0 Å². The van der Waals surface area contributed by atoms with Gasteiger partial charge in [-0.2, -0.15) is 0 Å². The van der Waals surface area contributed by atoms with E-state index in [1.807, 2.05) is 36.1 Å². The van der Waals surface area contributed by atoms with Crippen molar-refractivity contribution in [2.45, 2.75) is 59.0 Å². The Hall–Kier alpha value is -1.84. The molecule has 4 heteroatoms. The first-order valence-electron chi connectivity index (χ1n) is 8.63. The molecule has 0 bridgehead atoms. The monoisotopic (exact) mass is 316 g/mol. The highest BCUT2D eigenvalue weighted by atomic mass is 16.2. The van der Waals surface area contributed by atoms with Crippen molar-refractivity contribution < 1.29 is 9.59 Å². The molecule has 0 saturated carbocycles. The van der Waals surface area contributed by atoms with Gasteiger partial charge < -0.3 is 10.2 Å². The molecule has 1 aliphatic heterocycles. The second-order valence-electron chi connectivity index (χ2n) is 6.96. The maximum absolute atomic E-state index is 12.2.